The van der Waals surface area contributed by atoms with Crippen molar-refractivity contribution in [3.8, 4) is 0 Å². The lowest BCUT2D eigenvalue weighted by Crippen LogP contribution is -2.36. The fourth-order valence-electron chi connectivity index (χ4n) is 2.30. The van der Waals surface area contributed by atoms with Gasteiger partial charge in [0.2, 0.25) is 0 Å². The molecule has 0 aliphatic carbocycles. The molecular weight excluding hydrogens is 264 g/mol. The molecule has 1 atom stereocenters. The van der Waals surface area contributed by atoms with Gasteiger partial charge >= 0.3 is 5.97 Å². The number of nitrogens with zero attached hydrogens (tertiary/aromatic N) is 1. The predicted molar refractivity (Wildman–Crippen MR) is 78.8 cm³/mol. The minimum absolute atomic E-state index is 0. The minimum Gasteiger partial charge on any atom is -0.468 e. The van der Waals surface area contributed by atoms with Gasteiger partial charge in [-0.25, -0.2) is 0 Å². The summed E-state index contributed by atoms with van der Waals surface area (Å²) in [7, 11) is 3.37. The first-order valence-electron chi connectivity index (χ1n) is 6.26. The topological polar surface area (TPSA) is 41.6 Å². The molecule has 4 nitrogen and oxygen atoms in total. The highest BCUT2D eigenvalue weighted by Crippen LogP contribution is 2.27. The molecule has 1 aliphatic rings. The fourth-order valence-corrected chi connectivity index (χ4v) is 2.30. The summed E-state index contributed by atoms with van der Waals surface area (Å²) in [6, 6.07) is 6.12. The van der Waals surface area contributed by atoms with E-state index < -0.39 is 0 Å². The Labute approximate surface area is 120 Å². The van der Waals surface area contributed by atoms with E-state index in [2.05, 4.69) is 23.5 Å². The van der Waals surface area contributed by atoms with Crippen molar-refractivity contribution in [2.75, 3.05) is 26.0 Å². The van der Waals surface area contributed by atoms with Gasteiger partial charge in [-0.15, -0.1) is 12.4 Å². The van der Waals surface area contributed by atoms with Crippen molar-refractivity contribution in [3.05, 3.63) is 29.3 Å². The molecule has 0 aromatic heterocycles. The monoisotopic (exact) mass is 284 g/mol. The molecule has 2 rings (SSSR count). The number of nitrogens with one attached hydrogen (secondary N) is 1. The summed E-state index contributed by atoms with van der Waals surface area (Å²) in [6.45, 7) is 3.61. The van der Waals surface area contributed by atoms with Crippen LogP contribution < -0.4 is 5.32 Å². The van der Waals surface area contributed by atoms with Gasteiger partial charge in [0.15, 0.2) is 0 Å². The number of ether oxygens (including phenoxy) is 1. The molecule has 1 aromatic carbocycles. The van der Waals surface area contributed by atoms with E-state index in [1.54, 1.807) is 0 Å². The number of anilines is 1. The summed E-state index contributed by atoms with van der Waals surface area (Å²) in [5, 5.41) is 3.41. The number of carbonyl (C=O) groups is 1. The highest BCUT2D eigenvalue weighted by atomic mass is 35.5. The fraction of sp³-hybridized carbons (Fsp3) is 0.500. The molecule has 19 heavy (non-hydrogen) atoms. The average molecular weight is 285 g/mol. The number of carbonyl (C=O) groups excluding carboxylic acids is 1. The van der Waals surface area contributed by atoms with Gasteiger partial charge in [0, 0.05) is 18.8 Å². The van der Waals surface area contributed by atoms with E-state index in [0.717, 1.165) is 19.5 Å². The van der Waals surface area contributed by atoms with Crippen molar-refractivity contribution in [3.63, 3.8) is 0 Å². The van der Waals surface area contributed by atoms with Gasteiger partial charge in [0.25, 0.3) is 0 Å². The zero-order valence-electron chi connectivity index (χ0n) is 11.6. The Bertz CT molecular complexity index is 451. The lowest BCUT2D eigenvalue weighted by molar-refractivity contribution is -0.145. The molecule has 0 saturated heterocycles. The number of methoxy groups -OCH3 is 1. The Balaban J connectivity index is 0.00000180. The highest BCUT2D eigenvalue weighted by molar-refractivity contribution is 5.85. The second-order valence-corrected chi connectivity index (χ2v) is 4.74. The van der Waals surface area contributed by atoms with Crippen LogP contribution in [0.1, 0.15) is 18.1 Å². The third-order valence-electron chi connectivity index (χ3n) is 3.56. The number of halogens is 1. The van der Waals surface area contributed by atoms with E-state index in [4.69, 9.17) is 4.74 Å². The summed E-state index contributed by atoms with van der Waals surface area (Å²) >= 11 is 0. The van der Waals surface area contributed by atoms with E-state index in [9.17, 15) is 4.79 Å². The van der Waals surface area contributed by atoms with Gasteiger partial charge in [0.1, 0.15) is 6.04 Å². The Kier molecular flexibility index (Phi) is 5.63. The number of para-hydroxylation sites is 1. The molecule has 1 aromatic rings. The van der Waals surface area contributed by atoms with Crippen LogP contribution in [-0.2, 0) is 22.5 Å². The van der Waals surface area contributed by atoms with E-state index in [-0.39, 0.29) is 24.4 Å². The summed E-state index contributed by atoms with van der Waals surface area (Å²) in [4.78, 5) is 13.5. The van der Waals surface area contributed by atoms with E-state index in [0.29, 0.717) is 0 Å². The van der Waals surface area contributed by atoms with Crippen molar-refractivity contribution >= 4 is 24.1 Å². The molecule has 1 N–H and O–H groups in total. The van der Waals surface area contributed by atoms with E-state index in [1.807, 2.05) is 18.9 Å². The smallest absolute Gasteiger partial charge is 0.322 e. The van der Waals surface area contributed by atoms with Crippen molar-refractivity contribution < 1.29 is 9.53 Å². The molecular formula is C14H21ClN2O2. The van der Waals surface area contributed by atoms with Crippen molar-refractivity contribution in [2.24, 2.45) is 0 Å². The van der Waals surface area contributed by atoms with Gasteiger partial charge < -0.3 is 10.1 Å². The minimum atomic E-state index is -0.229. The third-order valence-corrected chi connectivity index (χ3v) is 3.56. The number of rotatable bonds is 4. The summed E-state index contributed by atoms with van der Waals surface area (Å²) in [5.74, 6) is -0.196. The molecule has 0 fully saturated rings. The Morgan fingerprint density at radius 1 is 1.53 bits per heavy atom. The largest absolute Gasteiger partial charge is 0.468 e. The number of benzene rings is 1. The average Bonchev–Trinajstić information content (AvgIpc) is 2.86. The lowest BCUT2D eigenvalue weighted by atomic mass is 10.1. The quantitative estimate of drug-likeness (QED) is 0.860. The third kappa shape index (κ3) is 3.39. The van der Waals surface area contributed by atoms with Crippen molar-refractivity contribution in [1.82, 2.24) is 4.90 Å². The summed E-state index contributed by atoms with van der Waals surface area (Å²) < 4.78 is 4.77. The van der Waals surface area contributed by atoms with Gasteiger partial charge in [-0.2, -0.15) is 0 Å². The van der Waals surface area contributed by atoms with Crippen LogP contribution in [0.5, 0.6) is 0 Å². The van der Waals surface area contributed by atoms with Crippen LogP contribution in [0.2, 0.25) is 0 Å². The van der Waals surface area contributed by atoms with Crippen LogP contribution >= 0.6 is 12.4 Å². The van der Waals surface area contributed by atoms with E-state index >= 15 is 0 Å². The van der Waals surface area contributed by atoms with Crippen LogP contribution in [0, 0.1) is 0 Å². The maximum atomic E-state index is 11.5. The number of fused-ring (bicyclic) bond motifs is 1. The first kappa shape index (κ1) is 15.8. The van der Waals surface area contributed by atoms with Crippen LogP contribution in [0.3, 0.4) is 0 Å². The molecule has 0 radical (unpaired) electrons. The van der Waals surface area contributed by atoms with Gasteiger partial charge in [0.05, 0.1) is 7.11 Å². The van der Waals surface area contributed by atoms with Crippen LogP contribution in [0.4, 0.5) is 5.69 Å². The van der Waals surface area contributed by atoms with Gasteiger partial charge in [-0.1, -0.05) is 18.2 Å². The number of likely N-dealkylation sites (N-methyl/N-ethyl adjacent to an activating group) is 1. The van der Waals surface area contributed by atoms with Gasteiger partial charge in [-0.05, 0) is 31.5 Å². The summed E-state index contributed by atoms with van der Waals surface area (Å²) in [6.07, 6.45) is 1.08. The first-order valence-corrected chi connectivity index (χ1v) is 6.26. The molecule has 1 aliphatic heterocycles. The van der Waals surface area contributed by atoms with Crippen LogP contribution in [0.15, 0.2) is 18.2 Å². The standard InChI is InChI=1S/C14H20N2O2.ClH/c1-10(14(17)18-3)16(2)9-12-6-4-5-11-7-8-15-13(11)12;/h4-6,10,15H,7-9H2,1-3H3;1H. The lowest BCUT2D eigenvalue weighted by Gasteiger charge is -2.23. The predicted octanol–water partition coefficient (Wildman–Crippen LogP) is 2.07. The number of esters is 1. The Morgan fingerprint density at radius 3 is 2.95 bits per heavy atom. The zero-order valence-corrected chi connectivity index (χ0v) is 12.4. The SMILES string of the molecule is COC(=O)C(C)N(C)Cc1cccc2c1NCC2.Cl. The second kappa shape index (κ2) is 6.78. The summed E-state index contributed by atoms with van der Waals surface area (Å²) in [5.41, 5.74) is 3.84. The molecule has 106 valence electrons. The zero-order chi connectivity index (χ0) is 13.1. The Hall–Kier alpha value is -1.26. The molecule has 0 bridgehead atoms. The normalized spacial score (nSPS) is 14.3. The van der Waals surface area contributed by atoms with Gasteiger partial charge in [-0.3, -0.25) is 9.69 Å². The van der Waals surface area contributed by atoms with E-state index in [1.165, 1.54) is 23.9 Å². The molecule has 0 amide bonds. The Morgan fingerprint density at radius 2 is 2.26 bits per heavy atom. The second-order valence-electron chi connectivity index (χ2n) is 4.74. The van der Waals surface area contributed by atoms with Crippen LogP contribution in [0.25, 0.3) is 0 Å². The molecule has 0 saturated carbocycles. The first-order chi connectivity index (χ1) is 8.63. The highest BCUT2D eigenvalue weighted by Gasteiger charge is 2.21. The molecule has 0 spiro atoms. The molecule has 5 heteroatoms. The van der Waals surface area contributed by atoms with Crippen molar-refractivity contribution in [2.45, 2.75) is 25.9 Å². The van der Waals surface area contributed by atoms with Crippen LogP contribution in [-0.4, -0.2) is 37.6 Å². The number of hydrogen-bond acceptors (Lipinski definition) is 4. The van der Waals surface area contributed by atoms with Crippen molar-refractivity contribution in [1.29, 1.82) is 0 Å². The maximum Gasteiger partial charge on any atom is 0.322 e. The maximum absolute atomic E-state index is 11.5. The molecule has 1 heterocycles. The number of hydrogen-bond donors (Lipinski definition) is 1. The molecule has 1 unspecified atom stereocenters.